The number of benzene rings is 1. The van der Waals surface area contributed by atoms with Gasteiger partial charge in [-0.05, 0) is 35.9 Å². The number of hydrogen-bond donors (Lipinski definition) is 0. The topological polar surface area (TPSA) is 118 Å². The van der Waals surface area contributed by atoms with Gasteiger partial charge < -0.3 is 19.8 Å². The number of allylic oxidation sites excluding steroid dienone is 2. The van der Waals surface area contributed by atoms with Crippen molar-refractivity contribution >= 4 is 40.9 Å². The summed E-state index contributed by atoms with van der Waals surface area (Å²) in [4.78, 5) is 46.4. The van der Waals surface area contributed by atoms with Gasteiger partial charge in [0.2, 0.25) is 0 Å². The summed E-state index contributed by atoms with van der Waals surface area (Å²) in [6.45, 7) is 1.72. The molecule has 130 valence electrons. The number of carboxylic acids is 2. The average molecular weight is 359 g/mol. The van der Waals surface area contributed by atoms with Crippen molar-refractivity contribution in [2.75, 3.05) is 0 Å². The summed E-state index contributed by atoms with van der Waals surface area (Å²) in [5, 5.41) is 20.9. The van der Waals surface area contributed by atoms with Crippen molar-refractivity contribution in [3.05, 3.63) is 52.4 Å². The third kappa shape index (κ3) is 4.57. The van der Waals surface area contributed by atoms with Gasteiger partial charge in [0.05, 0.1) is 16.9 Å². The number of rotatable bonds is 6. The molecule has 2 rings (SSSR count). The monoisotopic (exact) mass is 359 g/mol. The Kier molecular flexibility index (Phi) is 5.76. The van der Waals surface area contributed by atoms with Crippen LogP contribution in [0.4, 0.5) is 4.79 Å². The maximum atomic E-state index is 12.3. The number of carboxylic acid groups (broad SMARTS) is 2. The molecule has 1 atom stereocenters. The quantitative estimate of drug-likeness (QED) is 0.652. The summed E-state index contributed by atoms with van der Waals surface area (Å²) in [5.41, 5.74) is 1.56. The van der Waals surface area contributed by atoms with Crippen molar-refractivity contribution in [1.29, 1.82) is 0 Å². The molecule has 1 heterocycles. The molecule has 1 aromatic carbocycles. The number of carbonyl (C=O) groups excluding carboxylic acids is 4. The minimum atomic E-state index is -1.90. The highest BCUT2D eigenvalue weighted by atomic mass is 32.2. The second-order valence-electron chi connectivity index (χ2n) is 5.26. The molecule has 0 aromatic heterocycles. The number of imide groups is 1. The first-order valence-electron chi connectivity index (χ1n) is 7.20. The van der Waals surface area contributed by atoms with Gasteiger partial charge in [0.25, 0.3) is 11.1 Å². The third-order valence-corrected chi connectivity index (χ3v) is 4.20. The van der Waals surface area contributed by atoms with Crippen molar-refractivity contribution in [2.24, 2.45) is 0 Å². The summed E-state index contributed by atoms with van der Waals surface area (Å²) in [5.74, 6) is -4.40. The molecule has 0 bridgehead atoms. The first kappa shape index (κ1) is 18.5. The minimum Gasteiger partial charge on any atom is -0.550 e. The molecule has 1 aromatic rings. The molecule has 0 radical (unpaired) electrons. The van der Waals surface area contributed by atoms with Crippen LogP contribution in [-0.4, -0.2) is 34.0 Å². The molecule has 0 aliphatic carbocycles. The molecule has 1 fully saturated rings. The highest BCUT2D eigenvalue weighted by molar-refractivity contribution is 8.18. The molecule has 1 aliphatic rings. The fourth-order valence-electron chi connectivity index (χ4n) is 2.25. The molecule has 1 aliphatic heterocycles. The number of aliphatic carboxylic acids is 2. The fraction of sp³-hybridized carbons (Fsp3) is 0.176. The lowest BCUT2D eigenvalue weighted by Crippen LogP contribution is -2.52. The van der Waals surface area contributed by atoms with E-state index < -0.39 is 35.5 Å². The molecule has 2 amide bonds. The zero-order valence-corrected chi connectivity index (χ0v) is 13.9. The number of nitrogens with zero attached hydrogens (tertiary/aromatic N) is 1. The van der Waals surface area contributed by atoms with E-state index in [2.05, 4.69) is 0 Å². The van der Waals surface area contributed by atoms with Gasteiger partial charge in [0.15, 0.2) is 0 Å². The summed E-state index contributed by atoms with van der Waals surface area (Å²) < 4.78 is 0. The SMILES string of the molecule is CC(=C/c1ccccc1)/C=C1/SC(=O)N([C@H](CC(=O)[O-])C(=O)[O-])C1=O. The number of amides is 2. The Hall–Kier alpha value is -2.87. The van der Waals surface area contributed by atoms with E-state index in [-0.39, 0.29) is 4.91 Å². The van der Waals surface area contributed by atoms with Crippen LogP contribution in [0.5, 0.6) is 0 Å². The predicted octanol–water partition coefficient (Wildman–Crippen LogP) is -0.0723. The summed E-state index contributed by atoms with van der Waals surface area (Å²) in [7, 11) is 0. The molecule has 0 spiro atoms. The lowest BCUT2D eigenvalue weighted by molar-refractivity contribution is -0.319. The molecule has 0 unspecified atom stereocenters. The average Bonchev–Trinajstić information content (AvgIpc) is 2.79. The van der Waals surface area contributed by atoms with E-state index in [9.17, 15) is 29.4 Å². The first-order chi connectivity index (χ1) is 11.8. The van der Waals surface area contributed by atoms with Gasteiger partial charge in [-0.2, -0.15) is 0 Å². The van der Waals surface area contributed by atoms with E-state index in [0.29, 0.717) is 22.2 Å². The van der Waals surface area contributed by atoms with Crippen LogP contribution in [-0.2, 0) is 14.4 Å². The van der Waals surface area contributed by atoms with Crippen LogP contribution in [0.15, 0.2) is 46.9 Å². The summed E-state index contributed by atoms with van der Waals surface area (Å²) in [6.07, 6.45) is 2.21. The normalized spacial score (nSPS) is 17.9. The smallest absolute Gasteiger partial charge is 0.294 e. The van der Waals surface area contributed by atoms with Gasteiger partial charge in [0, 0.05) is 12.4 Å². The Labute approximate surface area is 147 Å². The maximum Gasteiger partial charge on any atom is 0.294 e. The Morgan fingerprint density at radius 1 is 1.20 bits per heavy atom. The summed E-state index contributed by atoms with van der Waals surface area (Å²) >= 11 is 0.547. The highest BCUT2D eigenvalue weighted by Gasteiger charge is 2.40. The molecule has 8 heteroatoms. The van der Waals surface area contributed by atoms with Gasteiger partial charge in [-0.1, -0.05) is 36.4 Å². The summed E-state index contributed by atoms with van der Waals surface area (Å²) in [6, 6.07) is 7.36. The number of hydrogen-bond acceptors (Lipinski definition) is 7. The van der Waals surface area contributed by atoms with Crippen molar-refractivity contribution in [3.8, 4) is 0 Å². The van der Waals surface area contributed by atoms with Crippen LogP contribution in [0, 0.1) is 0 Å². The van der Waals surface area contributed by atoms with Crippen molar-refractivity contribution in [3.63, 3.8) is 0 Å². The molecule has 0 N–H and O–H groups in total. The third-order valence-electron chi connectivity index (χ3n) is 3.32. The zero-order valence-electron chi connectivity index (χ0n) is 13.1. The van der Waals surface area contributed by atoms with Crippen molar-refractivity contribution < 1.29 is 29.4 Å². The van der Waals surface area contributed by atoms with Crippen LogP contribution in [0.3, 0.4) is 0 Å². The van der Waals surface area contributed by atoms with Gasteiger partial charge >= 0.3 is 0 Å². The molecule has 25 heavy (non-hydrogen) atoms. The largest absolute Gasteiger partial charge is 0.550 e. The lowest BCUT2D eigenvalue weighted by Gasteiger charge is -2.26. The van der Waals surface area contributed by atoms with E-state index >= 15 is 0 Å². The van der Waals surface area contributed by atoms with Gasteiger partial charge in [-0.15, -0.1) is 0 Å². The first-order valence-corrected chi connectivity index (χ1v) is 8.02. The van der Waals surface area contributed by atoms with Crippen LogP contribution in [0.1, 0.15) is 18.9 Å². The molecular weight excluding hydrogens is 346 g/mol. The Balaban J connectivity index is 2.26. The van der Waals surface area contributed by atoms with Crippen LogP contribution in [0.25, 0.3) is 6.08 Å². The van der Waals surface area contributed by atoms with Crippen molar-refractivity contribution in [1.82, 2.24) is 4.90 Å². The molecule has 1 saturated heterocycles. The van der Waals surface area contributed by atoms with Gasteiger partial charge in [0.1, 0.15) is 0 Å². The second-order valence-corrected chi connectivity index (χ2v) is 6.25. The predicted molar refractivity (Wildman–Crippen MR) is 86.4 cm³/mol. The molecule has 7 nitrogen and oxygen atoms in total. The number of carbonyl (C=O) groups is 4. The minimum absolute atomic E-state index is 0.0132. The van der Waals surface area contributed by atoms with E-state index in [1.54, 1.807) is 13.0 Å². The van der Waals surface area contributed by atoms with E-state index in [4.69, 9.17) is 0 Å². The zero-order chi connectivity index (χ0) is 18.6. The van der Waals surface area contributed by atoms with Crippen LogP contribution in [0.2, 0.25) is 0 Å². The van der Waals surface area contributed by atoms with E-state index in [1.165, 1.54) is 6.08 Å². The number of thioether (sulfide) groups is 1. The van der Waals surface area contributed by atoms with Gasteiger partial charge in [-0.25, -0.2) is 0 Å². The maximum absolute atomic E-state index is 12.3. The Morgan fingerprint density at radius 2 is 1.84 bits per heavy atom. The second kappa shape index (κ2) is 7.80. The molecule has 0 saturated carbocycles. The van der Waals surface area contributed by atoms with Crippen LogP contribution >= 0.6 is 11.8 Å². The van der Waals surface area contributed by atoms with Crippen LogP contribution < -0.4 is 10.2 Å². The Bertz CT molecular complexity index is 784. The highest BCUT2D eigenvalue weighted by Crippen LogP contribution is 2.33. The lowest BCUT2D eigenvalue weighted by atomic mass is 10.1. The van der Waals surface area contributed by atoms with E-state index in [1.807, 2.05) is 30.3 Å². The van der Waals surface area contributed by atoms with E-state index in [0.717, 1.165) is 5.56 Å². The van der Waals surface area contributed by atoms with Gasteiger partial charge in [-0.3, -0.25) is 14.5 Å². The molecular formula is C17H13NO6S-2. The fourth-order valence-corrected chi connectivity index (χ4v) is 3.17. The van der Waals surface area contributed by atoms with Crippen molar-refractivity contribution in [2.45, 2.75) is 19.4 Å². The Morgan fingerprint density at radius 3 is 2.40 bits per heavy atom. The standard InChI is InChI=1S/C17H15NO6S/c1-10(7-11-5-3-2-4-6-11)8-13-15(21)18(17(24)25-13)12(16(22)23)9-14(19)20/h2-8,12H,9H2,1H3,(H,19,20)(H,22,23)/p-2/b10-7-,13-8+/t12-/m1/s1.